The first-order chi connectivity index (χ1) is 3.85. The molecule has 0 aromatic rings. The first-order valence-electron chi connectivity index (χ1n) is 2.05. The van der Waals surface area contributed by atoms with Gasteiger partial charge < -0.3 is 5.11 Å². The molecule has 0 aromatic heterocycles. The van der Waals surface area contributed by atoms with Crippen LogP contribution < -0.4 is 0 Å². The van der Waals surface area contributed by atoms with Gasteiger partial charge in [-0.15, -0.1) is 0 Å². The van der Waals surface area contributed by atoms with Gasteiger partial charge in [0.05, 0.1) is 0 Å². The summed E-state index contributed by atoms with van der Waals surface area (Å²) in [5.74, 6) is 0. The Hall–Kier alpha value is -0.460. The Kier molecular flexibility index (Phi) is 2.30. The first-order valence-corrected chi connectivity index (χ1v) is 3.49. The van der Waals surface area contributed by atoms with Crippen molar-refractivity contribution in [3.05, 3.63) is 0 Å². The van der Waals surface area contributed by atoms with Gasteiger partial charge in [0.2, 0.25) is 0 Å². The summed E-state index contributed by atoms with van der Waals surface area (Å²) in [5.41, 5.74) is 0. The van der Waals surface area contributed by atoms with E-state index >= 15 is 0 Å². The molecule has 0 aliphatic carbocycles. The van der Waals surface area contributed by atoms with Gasteiger partial charge in [-0.25, -0.2) is 0 Å². The Bertz CT molecular complexity index is 200. The largest absolute Gasteiger partial charge is 0.384 e. The third-order valence-electron chi connectivity index (χ3n) is 0.595. The quantitative estimate of drug-likeness (QED) is 0.462. The zero-order chi connectivity index (χ0) is 7.65. The molecule has 0 heterocycles. The maximum absolute atomic E-state index is 10.1. The predicted molar refractivity (Wildman–Crippen MR) is 28.2 cm³/mol. The van der Waals surface area contributed by atoms with E-state index in [2.05, 4.69) is 0 Å². The molecule has 0 aromatic carbocycles. The topological polar surface area (TPSA) is 91.7 Å². The molecule has 1 atom stereocenters. The summed E-state index contributed by atoms with van der Waals surface area (Å²) < 4.78 is 27.6. The van der Waals surface area contributed by atoms with E-state index in [-0.39, 0.29) is 0 Å². The Morgan fingerprint density at radius 1 is 1.56 bits per heavy atom. The van der Waals surface area contributed by atoms with Gasteiger partial charge in [-0.1, -0.05) is 0 Å². The lowest BCUT2D eigenvalue weighted by molar-refractivity contribution is -0.118. The van der Waals surface area contributed by atoms with E-state index in [1.807, 2.05) is 0 Å². The standard InChI is InChI=1S/C3H6O5S/c1-2(4)3(5)9(6,7)8/h2,4H,1H3,(H,6,7,8). The molecule has 0 fully saturated rings. The van der Waals surface area contributed by atoms with E-state index in [1.165, 1.54) is 0 Å². The molecule has 54 valence electrons. The third-order valence-corrected chi connectivity index (χ3v) is 1.44. The lowest BCUT2D eigenvalue weighted by atomic mass is 10.5. The molecular formula is C3H6O5S. The highest BCUT2D eigenvalue weighted by atomic mass is 32.2. The van der Waals surface area contributed by atoms with Gasteiger partial charge in [0, 0.05) is 0 Å². The third kappa shape index (κ3) is 2.54. The fourth-order valence-corrected chi connectivity index (χ4v) is 0.647. The molecule has 0 spiro atoms. The monoisotopic (exact) mass is 154 g/mol. The van der Waals surface area contributed by atoms with Crippen LogP contribution in [0.3, 0.4) is 0 Å². The van der Waals surface area contributed by atoms with Crippen LogP contribution in [-0.2, 0) is 14.9 Å². The average Bonchev–Trinajstić information content (AvgIpc) is 1.62. The zero-order valence-corrected chi connectivity index (χ0v) is 5.42. The van der Waals surface area contributed by atoms with Crippen LogP contribution in [0, 0.1) is 0 Å². The smallest absolute Gasteiger partial charge is 0.331 e. The summed E-state index contributed by atoms with van der Waals surface area (Å²) in [5, 5.41) is 6.69. The normalized spacial score (nSPS) is 15.0. The summed E-state index contributed by atoms with van der Waals surface area (Å²) in [6.45, 7) is 0.954. The molecule has 1 unspecified atom stereocenters. The molecule has 0 rings (SSSR count). The van der Waals surface area contributed by atoms with Gasteiger partial charge in [0.1, 0.15) is 6.10 Å². The van der Waals surface area contributed by atoms with Crippen LogP contribution in [0.25, 0.3) is 0 Å². The minimum absolute atomic E-state index is 0.954. The van der Waals surface area contributed by atoms with Gasteiger partial charge in [-0.05, 0) is 6.92 Å². The maximum Gasteiger partial charge on any atom is 0.331 e. The number of rotatable bonds is 1. The summed E-state index contributed by atoms with van der Waals surface area (Å²) in [4.78, 5) is 10.1. The fraction of sp³-hybridized carbons (Fsp3) is 0.667. The Balaban J connectivity index is 4.45. The molecule has 2 N–H and O–H groups in total. The van der Waals surface area contributed by atoms with Gasteiger partial charge >= 0.3 is 15.2 Å². The molecule has 5 nitrogen and oxygen atoms in total. The number of aliphatic hydroxyl groups excluding tert-OH is 1. The van der Waals surface area contributed by atoms with Crippen molar-refractivity contribution in [1.82, 2.24) is 0 Å². The van der Waals surface area contributed by atoms with E-state index in [4.69, 9.17) is 9.66 Å². The first kappa shape index (κ1) is 8.54. The van der Waals surface area contributed by atoms with Crippen molar-refractivity contribution < 1.29 is 22.9 Å². The molecule has 0 radical (unpaired) electrons. The second-order valence-corrected chi connectivity index (χ2v) is 2.82. The lowest BCUT2D eigenvalue weighted by Gasteiger charge is -1.96. The van der Waals surface area contributed by atoms with Crippen LogP contribution in [0.4, 0.5) is 0 Å². The zero-order valence-electron chi connectivity index (χ0n) is 4.60. The van der Waals surface area contributed by atoms with Crippen molar-refractivity contribution in [1.29, 1.82) is 0 Å². The van der Waals surface area contributed by atoms with Crippen molar-refractivity contribution in [3.63, 3.8) is 0 Å². The van der Waals surface area contributed by atoms with E-state index < -0.39 is 21.3 Å². The molecule has 9 heavy (non-hydrogen) atoms. The van der Waals surface area contributed by atoms with Crippen LogP contribution in [0.5, 0.6) is 0 Å². The molecule has 0 aliphatic rings. The molecule has 0 bridgehead atoms. The molecule has 0 saturated heterocycles. The summed E-state index contributed by atoms with van der Waals surface area (Å²) in [6, 6.07) is 0. The Labute approximate surface area is 52.1 Å². The van der Waals surface area contributed by atoms with Gasteiger partial charge in [-0.2, -0.15) is 8.42 Å². The highest BCUT2D eigenvalue weighted by molar-refractivity contribution is 8.01. The number of aliphatic hydroxyl groups is 1. The van der Waals surface area contributed by atoms with Crippen LogP contribution in [0.15, 0.2) is 0 Å². The van der Waals surface area contributed by atoms with Crippen molar-refractivity contribution >= 4 is 15.2 Å². The summed E-state index contributed by atoms with van der Waals surface area (Å²) >= 11 is 0. The van der Waals surface area contributed by atoms with Crippen molar-refractivity contribution in [2.75, 3.05) is 0 Å². The van der Waals surface area contributed by atoms with Crippen molar-refractivity contribution in [2.24, 2.45) is 0 Å². The van der Waals surface area contributed by atoms with Crippen molar-refractivity contribution in [3.8, 4) is 0 Å². The fourth-order valence-electron chi connectivity index (χ4n) is 0.216. The van der Waals surface area contributed by atoms with E-state index in [0.29, 0.717) is 0 Å². The maximum atomic E-state index is 10.1. The second-order valence-electron chi connectivity index (χ2n) is 1.47. The lowest BCUT2D eigenvalue weighted by Crippen LogP contribution is -2.24. The number of hydrogen-bond acceptors (Lipinski definition) is 4. The minimum atomic E-state index is -4.69. The van der Waals surface area contributed by atoms with Gasteiger partial charge in [-0.3, -0.25) is 9.35 Å². The van der Waals surface area contributed by atoms with Crippen LogP contribution >= 0.6 is 0 Å². The minimum Gasteiger partial charge on any atom is -0.384 e. The summed E-state index contributed by atoms with van der Waals surface area (Å²) in [6.07, 6.45) is -1.67. The van der Waals surface area contributed by atoms with Gasteiger partial charge in [0.15, 0.2) is 0 Å². The predicted octanol–water partition coefficient (Wildman–Crippen LogP) is -1.22. The molecule has 0 aliphatic heterocycles. The average molecular weight is 154 g/mol. The molecular weight excluding hydrogens is 148 g/mol. The molecule has 0 amide bonds. The molecule has 6 heteroatoms. The van der Waals surface area contributed by atoms with E-state index in [0.717, 1.165) is 6.92 Å². The van der Waals surface area contributed by atoms with Crippen LogP contribution in [-0.4, -0.2) is 29.3 Å². The van der Waals surface area contributed by atoms with Crippen molar-refractivity contribution in [2.45, 2.75) is 13.0 Å². The second kappa shape index (κ2) is 2.42. The van der Waals surface area contributed by atoms with Gasteiger partial charge in [0.25, 0.3) is 0 Å². The molecule has 0 saturated carbocycles. The van der Waals surface area contributed by atoms with E-state index in [1.54, 1.807) is 0 Å². The highest BCUT2D eigenvalue weighted by Crippen LogP contribution is 1.90. The van der Waals surface area contributed by atoms with E-state index in [9.17, 15) is 13.2 Å². The number of carbonyl (C=O) groups excluding carboxylic acids is 1. The highest BCUT2D eigenvalue weighted by Gasteiger charge is 2.22. The Morgan fingerprint density at radius 3 is 1.89 bits per heavy atom. The van der Waals surface area contributed by atoms with Crippen LogP contribution in [0.1, 0.15) is 6.92 Å². The summed E-state index contributed by atoms with van der Waals surface area (Å²) in [7, 11) is -4.69. The Morgan fingerprint density at radius 2 is 1.89 bits per heavy atom. The van der Waals surface area contributed by atoms with Crippen LogP contribution in [0.2, 0.25) is 0 Å². The number of carbonyl (C=O) groups is 1. The number of hydrogen-bond donors (Lipinski definition) is 2. The SMILES string of the molecule is CC(O)C(=O)S(=O)(=O)O.